The Morgan fingerprint density at radius 1 is 1.38 bits per heavy atom. The molecule has 1 amide bonds. The average Bonchev–Trinajstić information content (AvgIpc) is 3.31. The third-order valence-corrected chi connectivity index (χ3v) is 5.19. The number of unbranched alkanes of at least 4 members (excludes halogenated alkanes) is 1. The summed E-state index contributed by atoms with van der Waals surface area (Å²) in [7, 11) is 0. The highest BCUT2D eigenvalue weighted by Gasteiger charge is 2.31. The van der Waals surface area contributed by atoms with Crippen molar-refractivity contribution in [2.75, 3.05) is 26.3 Å². The molecule has 132 valence electrons. The van der Waals surface area contributed by atoms with E-state index in [4.69, 9.17) is 14.6 Å². The van der Waals surface area contributed by atoms with E-state index in [2.05, 4.69) is 16.8 Å². The smallest absolute Gasteiger partial charge is 0.288 e. The highest BCUT2D eigenvalue weighted by molar-refractivity contribution is 7.08. The Morgan fingerprint density at radius 2 is 2.21 bits per heavy atom. The van der Waals surface area contributed by atoms with Crippen LogP contribution < -0.4 is 0 Å². The van der Waals surface area contributed by atoms with Gasteiger partial charge in [-0.3, -0.25) is 4.79 Å². The molecule has 2 aliphatic heterocycles. The number of aliphatic hydroxyl groups excluding tert-OH is 1. The maximum absolute atomic E-state index is 12.7. The van der Waals surface area contributed by atoms with Crippen molar-refractivity contribution in [3.63, 3.8) is 0 Å². The molecule has 1 N–H and O–H groups in total. The van der Waals surface area contributed by atoms with E-state index in [9.17, 15) is 4.79 Å². The minimum Gasteiger partial charge on any atom is -0.459 e. The van der Waals surface area contributed by atoms with Gasteiger partial charge in [0.25, 0.3) is 5.91 Å². The highest BCUT2D eigenvalue weighted by atomic mass is 32.1. The molecule has 1 aromatic rings. The number of rotatable bonds is 7. The standard InChI is InChI=1S/C18H25NO4S/c20-8-3-4-9-22-17-12-15(14-5-10-24-13-14)11-16(23-17)18(21)19-6-1-2-7-19/h5,10-11,13,15,17,20H,1-4,6-9,12H2/t15-,17+/m0/s1. The number of thiophene rings is 1. The molecule has 1 aromatic heterocycles. The first-order valence-corrected chi connectivity index (χ1v) is 9.64. The average molecular weight is 351 g/mol. The van der Waals surface area contributed by atoms with Crippen molar-refractivity contribution in [3.05, 3.63) is 34.2 Å². The molecule has 1 fully saturated rings. The minimum atomic E-state index is -0.403. The lowest BCUT2D eigenvalue weighted by atomic mass is 9.95. The summed E-state index contributed by atoms with van der Waals surface area (Å²) >= 11 is 1.66. The predicted molar refractivity (Wildman–Crippen MR) is 92.7 cm³/mol. The minimum absolute atomic E-state index is 0.0172. The van der Waals surface area contributed by atoms with Crippen LogP contribution in [0.1, 0.15) is 43.6 Å². The van der Waals surface area contributed by atoms with Crippen LogP contribution in [0.5, 0.6) is 0 Å². The van der Waals surface area contributed by atoms with E-state index in [-0.39, 0.29) is 18.4 Å². The number of likely N-dealkylation sites (tertiary alicyclic amines) is 1. The number of aliphatic hydroxyl groups is 1. The summed E-state index contributed by atoms with van der Waals surface area (Å²) in [6.45, 7) is 2.33. The van der Waals surface area contributed by atoms with E-state index in [1.807, 2.05) is 11.0 Å². The van der Waals surface area contributed by atoms with E-state index in [0.29, 0.717) is 18.8 Å². The van der Waals surface area contributed by atoms with Gasteiger partial charge in [0.15, 0.2) is 5.76 Å². The summed E-state index contributed by atoms with van der Waals surface area (Å²) in [6, 6.07) is 2.10. The van der Waals surface area contributed by atoms with Crippen LogP contribution in [0.3, 0.4) is 0 Å². The number of hydrogen-bond acceptors (Lipinski definition) is 5. The number of allylic oxidation sites excluding steroid dienone is 1. The molecule has 0 saturated carbocycles. The van der Waals surface area contributed by atoms with Crippen LogP contribution in [0.15, 0.2) is 28.7 Å². The molecule has 2 atom stereocenters. The monoisotopic (exact) mass is 351 g/mol. The van der Waals surface area contributed by atoms with E-state index in [0.717, 1.165) is 38.8 Å². The van der Waals surface area contributed by atoms with Gasteiger partial charge in [-0.25, -0.2) is 0 Å². The highest BCUT2D eigenvalue weighted by Crippen LogP contribution is 2.33. The maximum Gasteiger partial charge on any atom is 0.288 e. The Morgan fingerprint density at radius 3 is 2.92 bits per heavy atom. The second-order valence-electron chi connectivity index (χ2n) is 6.28. The van der Waals surface area contributed by atoms with Crippen LogP contribution in [0.4, 0.5) is 0 Å². The van der Waals surface area contributed by atoms with Gasteiger partial charge in [0.05, 0.1) is 6.61 Å². The molecular formula is C18H25NO4S. The lowest BCUT2D eigenvalue weighted by Crippen LogP contribution is -2.34. The molecule has 0 spiro atoms. The molecule has 2 aliphatic rings. The van der Waals surface area contributed by atoms with Gasteiger partial charge in [-0.05, 0) is 54.1 Å². The van der Waals surface area contributed by atoms with Crippen LogP contribution in [-0.2, 0) is 14.3 Å². The van der Waals surface area contributed by atoms with Crippen LogP contribution in [0.2, 0.25) is 0 Å². The van der Waals surface area contributed by atoms with Gasteiger partial charge in [0.1, 0.15) is 0 Å². The summed E-state index contributed by atoms with van der Waals surface area (Å²) in [5.41, 5.74) is 1.21. The molecule has 0 aromatic carbocycles. The molecule has 3 rings (SSSR count). The van der Waals surface area contributed by atoms with Crippen molar-refractivity contribution in [1.82, 2.24) is 4.90 Å². The van der Waals surface area contributed by atoms with Gasteiger partial charge in [0.2, 0.25) is 6.29 Å². The first kappa shape index (κ1) is 17.5. The topological polar surface area (TPSA) is 59.0 Å². The number of carbonyl (C=O) groups is 1. The predicted octanol–water partition coefficient (Wildman–Crippen LogP) is 2.87. The number of ether oxygens (including phenoxy) is 2. The van der Waals surface area contributed by atoms with Crippen LogP contribution in [-0.4, -0.2) is 48.5 Å². The molecule has 1 saturated heterocycles. The third-order valence-electron chi connectivity index (χ3n) is 4.49. The van der Waals surface area contributed by atoms with Crippen LogP contribution in [0, 0.1) is 0 Å². The lowest BCUT2D eigenvalue weighted by Gasteiger charge is -2.30. The second kappa shape index (κ2) is 8.65. The zero-order valence-corrected chi connectivity index (χ0v) is 14.7. The Balaban J connectivity index is 1.68. The van der Waals surface area contributed by atoms with Gasteiger partial charge >= 0.3 is 0 Å². The van der Waals surface area contributed by atoms with Crippen molar-refractivity contribution in [2.45, 2.75) is 44.3 Å². The molecule has 5 nitrogen and oxygen atoms in total. The largest absolute Gasteiger partial charge is 0.459 e. The first-order chi connectivity index (χ1) is 11.8. The molecule has 24 heavy (non-hydrogen) atoms. The van der Waals surface area contributed by atoms with Crippen molar-refractivity contribution in [2.24, 2.45) is 0 Å². The number of hydrogen-bond donors (Lipinski definition) is 1. The Labute approximate surface area is 146 Å². The van der Waals surface area contributed by atoms with E-state index < -0.39 is 6.29 Å². The van der Waals surface area contributed by atoms with E-state index in [1.165, 1.54) is 5.56 Å². The zero-order chi connectivity index (χ0) is 16.8. The quantitative estimate of drug-likeness (QED) is 0.768. The number of carbonyl (C=O) groups excluding carboxylic acids is 1. The Hall–Kier alpha value is -1.37. The Bertz CT molecular complexity index is 551. The van der Waals surface area contributed by atoms with Gasteiger partial charge < -0.3 is 19.5 Å². The zero-order valence-electron chi connectivity index (χ0n) is 13.9. The van der Waals surface area contributed by atoms with Gasteiger partial charge in [-0.1, -0.05) is 0 Å². The van der Waals surface area contributed by atoms with Crippen molar-refractivity contribution in [3.8, 4) is 0 Å². The van der Waals surface area contributed by atoms with E-state index in [1.54, 1.807) is 11.3 Å². The summed E-state index contributed by atoms with van der Waals surface area (Å²) in [5.74, 6) is 0.553. The molecule has 6 heteroatoms. The summed E-state index contributed by atoms with van der Waals surface area (Å²) in [6.07, 6.45) is 5.90. The second-order valence-corrected chi connectivity index (χ2v) is 7.06. The number of nitrogens with zero attached hydrogens (tertiary/aromatic N) is 1. The molecule has 3 heterocycles. The summed E-state index contributed by atoms with van der Waals surface area (Å²) < 4.78 is 11.7. The first-order valence-electron chi connectivity index (χ1n) is 8.70. The SMILES string of the molecule is O=C(C1=C[C@H](c2ccsc2)C[C@H](OCCCCO)O1)N1CCCC1. The van der Waals surface area contributed by atoms with Crippen LogP contribution >= 0.6 is 11.3 Å². The summed E-state index contributed by atoms with van der Waals surface area (Å²) in [5, 5.41) is 13.0. The normalized spacial score (nSPS) is 23.9. The summed E-state index contributed by atoms with van der Waals surface area (Å²) in [4.78, 5) is 14.5. The Kier molecular flexibility index (Phi) is 6.29. The maximum atomic E-state index is 12.7. The van der Waals surface area contributed by atoms with Crippen LogP contribution in [0.25, 0.3) is 0 Å². The van der Waals surface area contributed by atoms with Gasteiger partial charge in [0, 0.05) is 32.0 Å². The lowest BCUT2D eigenvalue weighted by molar-refractivity contribution is -0.152. The van der Waals surface area contributed by atoms with Crippen molar-refractivity contribution in [1.29, 1.82) is 0 Å². The van der Waals surface area contributed by atoms with Gasteiger partial charge in [-0.2, -0.15) is 11.3 Å². The third kappa shape index (κ3) is 4.37. The molecule has 0 unspecified atom stereocenters. The molecule has 0 aliphatic carbocycles. The fraction of sp³-hybridized carbons (Fsp3) is 0.611. The number of amides is 1. The molecule has 0 bridgehead atoms. The molecule has 0 radical (unpaired) electrons. The van der Waals surface area contributed by atoms with Crippen molar-refractivity contribution >= 4 is 17.2 Å². The van der Waals surface area contributed by atoms with Crippen molar-refractivity contribution < 1.29 is 19.4 Å². The molecular weight excluding hydrogens is 326 g/mol. The fourth-order valence-corrected chi connectivity index (χ4v) is 3.86. The van der Waals surface area contributed by atoms with Gasteiger partial charge in [-0.15, -0.1) is 0 Å². The fourth-order valence-electron chi connectivity index (χ4n) is 3.13. The van der Waals surface area contributed by atoms with E-state index >= 15 is 0 Å².